The number of aliphatic hydroxyl groups is 1. The van der Waals surface area contributed by atoms with Gasteiger partial charge in [0.25, 0.3) is 5.91 Å². The van der Waals surface area contributed by atoms with Gasteiger partial charge in [0.1, 0.15) is 5.75 Å². The number of piperidine rings is 2. The molecule has 0 radical (unpaired) electrons. The Balaban J connectivity index is 0.00000400. The molecule has 45 heavy (non-hydrogen) atoms. The van der Waals surface area contributed by atoms with Crippen molar-refractivity contribution in [3.8, 4) is 5.75 Å². The van der Waals surface area contributed by atoms with Crippen molar-refractivity contribution < 1.29 is 15.0 Å². The molecular formula is C31H39ClN10O3. The maximum atomic E-state index is 13.0. The number of carbonyl (C=O) groups excluding carboxylic acids is 1. The highest BCUT2D eigenvalue weighted by Crippen LogP contribution is 2.30. The van der Waals surface area contributed by atoms with Gasteiger partial charge in [-0.2, -0.15) is 15.0 Å². The van der Waals surface area contributed by atoms with Gasteiger partial charge in [0.05, 0.1) is 11.7 Å². The average molecular weight is 635 g/mol. The topological polar surface area (TPSA) is 205 Å². The second-order valence-corrected chi connectivity index (χ2v) is 11.6. The lowest BCUT2D eigenvalue weighted by Crippen LogP contribution is -2.53. The Morgan fingerprint density at radius 2 is 1.56 bits per heavy atom. The molecule has 2 aliphatic rings. The number of aromatic nitrogens is 3. The number of hydrogen-bond acceptors (Lipinski definition) is 12. The summed E-state index contributed by atoms with van der Waals surface area (Å²) in [4.78, 5) is 31.2. The minimum Gasteiger partial charge on any atom is -0.506 e. The van der Waals surface area contributed by atoms with E-state index >= 15 is 0 Å². The van der Waals surface area contributed by atoms with Crippen molar-refractivity contribution in [3.05, 3.63) is 66.2 Å². The summed E-state index contributed by atoms with van der Waals surface area (Å²) in [5.41, 5.74) is 19.9. The zero-order valence-electron chi connectivity index (χ0n) is 24.7. The molecule has 0 aliphatic carbocycles. The number of aliphatic hydroxyl groups excluding tert-OH is 1. The lowest BCUT2D eigenvalue weighted by Gasteiger charge is -2.37. The van der Waals surface area contributed by atoms with Crippen LogP contribution in [0.25, 0.3) is 10.8 Å². The molecule has 4 atom stereocenters. The van der Waals surface area contributed by atoms with Crippen LogP contribution in [0.2, 0.25) is 0 Å². The largest absolute Gasteiger partial charge is 0.506 e. The third-order valence-corrected chi connectivity index (χ3v) is 8.23. The molecule has 3 aromatic carbocycles. The predicted octanol–water partition coefficient (Wildman–Crippen LogP) is 2.16. The standard InChI is InChI=1S/C31H38N10O3.ClH/c32-14-19-15-40(12-11-26(19)42)30-37-29(38-31(39-30)41-16-20(33)13-21(34)17-41)36-23-8-6-22(7-9-23)35-28(44)25-10-5-18-3-1-2-4-24(18)27(25)43;/h1-10,19-21,26,42-43H,11-17,32-34H2,(H,35,44)(H,36,37,38,39);1H/t19-,20-,21+,26+;/m0./s1. The molecule has 238 valence electrons. The second-order valence-electron chi connectivity index (χ2n) is 11.6. The van der Waals surface area contributed by atoms with Crippen LogP contribution in [0, 0.1) is 5.92 Å². The summed E-state index contributed by atoms with van der Waals surface area (Å²) in [5, 5.41) is 28.6. The Hall–Kier alpha value is -4.27. The van der Waals surface area contributed by atoms with Crippen molar-refractivity contribution in [1.82, 2.24) is 15.0 Å². The van der Waals surface area contributed by atoms with E-state index in [4.69, 9.17) is 32.2 Å². The van der Waals surface area contributed by atoms with Crippen LogP contribution in [0.15, 0.2) is 60.7 Å². The van der Waals surface area contributed by atoms with Gasteiger partial charge < -0.3 is 47.8 Å². The molecule has 1 aromatic heterocycles. The maximum absolute atomic E-state index is 13.0. The quantitative estimate of drug-likeness (QED) is 0.156. The zero-order chi connectivity index (χ0) is 30.8. The number of phenols is 1. The van der Waals surface area contributed by atoms with Gasteiger partial charge in [0, 0.05) is 60.9 Å². The molecule has 0 unspecified atom stereocenters. The van der Waals surface area contributed by atoms with Crippen molar-refractivity contribution in [1.29, 1.82) is 0 Å². The van der Waals surface area contributed by atoms with E-state index in [1.54, 1.807) is 36.4 Å². The fourth-order valence-corrected chi connectivity index (χ4v) is 5.87. The molecule has 2 saturated heterocycles. The number of phenolic OH excluding ortho intramolecular Hbond substituents is 1. The van der Waals surface area contributed by atoms with Crippen LogP contribution in [0.4, 0.5) is 29.2 Å². The summed E-state index contributed by atoms with van der Waals surface area (Å²) in [6.07, 6.45) is 0.831. The van der Waals surface area contributed by atoms with Crippen LogP contribution >= 0.6 is 12.4 Å². The number of fused-ring (bicyclic) bond motifs is 1. The number of halogens is 1. The van der Waals surface area contributed by atoms with E-state index in [0.29, 0.717) is 73.8 Å². The number of benzene rings is 3. The first kappa shape index (κ1) is 32.1. The Morgan fingerprint density at radius 1 is 0.889 bits per heavy atom. The summed E-state index contributed by atoms with van der Waals surface area (Å²) in [5.74, 6) is 0.729. The first-order chi connectivity index (χ1) is 21.3. The highest BCUT2D eigenvalue weighted by atomic mass is 35.5. The van der Waals surface area contributed by atoms with Crippen LogP contribution in [0.1, 0.15) is 23.2 Å². The van der Waals surface area contributed by atoms with Gasteiger partial charge in [0.15, 0.2) is 0 Å². The average Bonchev–Trinajstić information content (AvgIpc) is 3.02. The van der Waals surface area contributed by atoms with Gasteiger partial charge in [-0.05, 0) is 55.1 Å². The van der Waals surface area contributed by atoms with E-state index in [0.717, 1.165) is 11.8 Å². The third-order valence-electron chi connectivity index (χ3n) is 8.23. The van der Waals surface area contributed by atoms with E-state index in [9.17, 15) is 15.0 Å². The molecule has 2 aliphatic heterocycles. The van der Waals surface area contributed by atoms with Gasteiger partial charge >= 0.3 is 0 Å². The minimum atomic E-state index is -0.461. The first-order valence-electron chi connectivity index (χ1n) is 14.8. The Bertz CT molecular complexity index is 1630. The molecule has 0 saturated carbocycles. The van der Waals surface area contributed by atoms with Gasteiger partial charge in [-0.3, -0.25) is 4.79 Å². The Morgan fingerprint density at radius 3 is 2.27 bits per heavy atom. The molecule has 14 heteroatoms. The number of nitrogens with one attached hydrogen (secondary N) is 2. The van der Waals surface area contributed by atoms with E-state index in [2.05, 4.69) is 10.6 Å². The predicted molar refractivity (Wildman–Crippen MR) is 179 cm³/mol. The molecule has 13 nitrogen and oxygen atoms in total. The van der Waals surface area contributed by atoms with Crippen molar-refractivity contribution in [3.63, 3.8) is 0 Å². The van der Waals surface area contributed by atoms with Crippen molar-refractivity contribution >= 4 is 58.3 Å². The number of nitrogens with two attached hydrogens (primary N) is 3. The third kappa shape index (κ3) is 7.18. The highest BCUT2D eigenvalue weighted by molar-refractivity contribution is 6.09. The zero-order valence-corrected chi connectivity index (χ0v) is 25.5. The number of amides is 1. The van der Waals surface area contributed by atoms with Crippen LogP contribution < -0.4 is 37.6 Å². The number of nitrogens with zero attached hydrogens (tertiary/aromatic N) is 5. The van der Waals surface area contributed by atoms with Crippen LogP contribution in [0.3, 0.4) is 0 Å². The Kier molecular flexibility index (Phi) is 9.85. The van der Waals surface area contributed by atoms with Crippen LogP contribution in [-0.2, 0) is 0 Å². The lowest BCUT2D eigenvalue weighted by molar-refractivity contribution is 0.0916. The molecule has 0 spiro atoms. The number of anilines is 5. The maximum Gasteiger partial charge on any atom is 0.259 e. The molecule has 3 heterocycles. The molecule has 6 rings (SSSR count). The van der Waals surface area contributed by atoms with E-state index in [1.165, 1.54) is 0 Å². The molecule has 1 amide bonds. The summed E-state index contributed by atoms with van der Waals surface area (Å²) in [7, 11) is 0. The fourth-order valence-electron chi connectivity index (χ4n) is 5.87. The van der Waals surface area contributed by atoms with Gasteiger partial charge in [0.2, 0.25) is 17.8 Å². The number of aromatic hydroxyl groups is 1. The Labute approximate surface area is 267 Å². The van der Waals surface area contributed by atoms with Crippen molar-refractivity contribution in [2.75, 3.05) is 53.2 Å². The van der Waals surface area contributed by atoms with Gasteiger partial charge in [-0.15, -0.1) is 12.4 Å². The summed E-state index contributed by atoms with van der Waals surface area (Å²) >= 11 is 0. The number of rotatable bonds is 7. The van der Waals surface area contributed by atoms with Gasteiger partial charge in [-0.25, -0.2) is 0 Å². The van der Waals surface area contributed by atoms with Gasteiger partial charge in [-0.1, -0.05) is 30.3 Å². The SMILES string of the molecule is Cl.NC[C@H]1CN(c2nc(Nc3ccc(NC(=O)c4ccc5ccccc5c4O)cc3)nc(N3C[C@H](N)C[C@H](N)C3)n2)CC[C@H]1O. The minimum absolute atomic E-state index is 0. The highest BCUT2D eigenvalue weighted by Gasteiger charge is 2.30. The molecule has 10 N–H and O–H groups in total. The molecule has 0 bridgehead atoms. The van der Waals surface area contributed by atoms with Crippen LogP contribution in [0.5, 0.6) is 5.75 Å². The van der Waals surface area contributed by atoms with E-state index in [-0.39, 0.29) is 41.7 Å². The first-order valence-corrected chi connectivity index (χ1v) is 14.8. The lowest BCUT2D eigenvalue weighted by atomic mass is 9.95. The summed E-state index contributed by atoms with van der Waals surface area (Å²) in [6, 6.07) is 17.7. The smallest absolute Gasteiger partial charge is 0.259 e. The molecule has 4 aromatic rings. The van der Waals surface area contributed by atoms with E-state index < -0.39 is 12.0 Å². The monoisotopic (exact) mass is 634 g/mol. The fraction of sp³-hybridized carbons (Fsp3) is 0.355. The number of hydrogen-bond donors (Lipinski definition) is 7. The molecular weight excluding hydrogens is 596 g/mol. The number of carbonyl (C=O) groups is 1. The van der Waals surface area contributed by atoms with Crippen molar-refractivity contribution in [2.45, 2.75) is 31.0 Å². The normalized spacial score (nSPS) is 21.7. The second kappa shape index (κ2) is 13.8. The summed E-state index contributed by atoms with van der Waals surface area (Å²) in [6.45, 7) is 2.62. The van der Waals surface area contributed by atoms with E-state index in [1.807, 2.05) is 34.1 Å². The summed E-state index contributed by atoms with van der Waals surface area (Å²) < 4.78 is 0. The van der Waals surface area contributed by atoms with Crippen molar-refractivity contribution in [2.24, 2.45) is 23.1 Å². The molecule has 2 fully saturated rings. The van der Waals surface area contributed by atoms with Crippen LogP contribution in [-0.4, -0.2) is 82.0 Å².